The number of ether oxygens (including phenoxy) is 1. The molecule has 6 unspecified atom stereocenters. The lowest BCUT2D eigenvalue weighted by atomic mass is 9.74. The lowest BCUT2D eigenvalue weighted by molar-refractivity contribution is -0.139. The van der Waals surface area contributed by atoms with Crippen LogP contribution in [0.5, 0.6) is 0 Å². The average molecular weight is 535 g/mol. The van der Waals surface area contributed by atoms with Crippen molar-refractivity contribution in [3.05, 3.63) is 32.1 Å². The van der Waals surface area contributed by atoms with Crippen LogP contribution in [0.2, 0.25) is 0 Å². The fraction of sp³-hybridized carbons (Fsp3) is 0.741. The largest absolute Gasteiger partial charge is 0.481 e. The van der Waals surface area contributed by atoms with Crippen molar-refractivity contribution in [1.82, 2.24) is 4.98 Å². The van der Waals surface area contributed by atoms with Crippen LogP contribution in [0.15, 0.2) is 16.1 Å². The number of hydrogen-bond donors (Lipinski definition) is 2. The molecule has 2 N–H and O–H groups in total. The second-order valence-electron chi connectivity index (χ2n) is 11.3. The molecule has 2 rings (SSSR count). The van der Waals surface area contributed by atoms with E-state index in [1.54, 1.807) is 32.1 Å². The van der Waals surface area contributed by atoms with Crippen LogP contribution < -0.4 is 0 Å². The average Bonchev–Trinajstić information content (AvgIpc) is 3.27. The van der Waals surface area contributed by atoms with Crippen LogP contribution in [-0.2, 0) is 14.3 Å². The van der Waals surface area contributed by atoms with Crippen LogP contribution >= 0.6 is 11.3 Å². The summed E-state index contributed by atoms with van der Waals surface area (Å²) >= 11 is 1.58. The molecule has 1 saturated heterocycles. The summed E-state index contributed by atoms with van der Waals surface area (Å²) in [6, 6.07) is -0.309. The Morgan fingerprint density at radius 3 is 2.65 bits per heavy atom. The summed E-state index contributed by atoms with van der Waals surface area (Å²) in [5.41, 5.74) is 9.78. The Kier molecular flexibility index (Phi) is 10.9. The molecule has 1 aromatic heterocycles. The molecule has 0 radical (unpaired) electrons. The number of azide groups is 1. The number of aliphatic carboxylic acids is 1. The van der Waals surface area contributed by atoms with E-state index >= 15 is 0 Å². The number of epoxide rings is 1. The summed E-state index contributed by atoms with van der Waals surface area (Å²) in [5.74, 6) is -1.69. The molecule has 1 aliphatic heterocycles. The van der Waals surface area contributed by atoms with E-state index in [2.05, 4.69) is 21.9 Å². The van der Waals surface area contributed by atoms with Crippen LogP contribution in [0.1, 0.15) is 90.8 Å². The van der Waals surface area contributed by atoms with Gasteiger partial charge in [0.1, 0.15) is 5.78 Å². The van der Waals surface area contributed by atoms with Crippen molar-refractivity contribution in [2.75, 3.05) is 0 Å². The minimum Gasteiger partial charge on any atom is -0.481 e. The van der Waals surface area contributed by atoms with Gasteiger partial charge in [-0.05, 0) is 64.0 Å². The minimum atomic E-state index is -0.928. The Morgan fingerprint density at radius 2 is 2.08 bits per heavy atom. The van der Waals surface area contributed by atoms with E-state index in [1.165, 1.54) is 0 Å². The number of nitrogens with zero attached hydrogens (tertiary/aromatic N) is 4. The van der Waals surface area contributed by atoms with E-state index in [9.17, 15) is 14.7 Å². The summed E-state index contributed by atoms with van der Waals surface area (Å²) in [4.78, 5) is 31.3. The molecule has 0 amide bonds. The first-order valence-electron chi connectivity index (χ1n) is 13.0. The summed E-state index contributed by atoms with van der Waals surface area (Å²) < 4.78 is 6.02. The molecule has 0 spiro atoms. The van der Waals surface area contributed by atoms with E-state index in [4.69, 9.17) is 15.4 Å². The van der Waals surface area contributed by atoms with Crippen molar-refractivity contribution in [2.24, 2.45) is 22.4 Å². The normalized spacial score (nSPS) is 23.0. The number of aliphatic hydroxyl groups excluding tert-OH is 1. The first kappa shape index (κ1) is 31.0. The van der Waals surface area contributed by atoms with Crippen LogP contribution in [0.4, 0.5) is 0 Å². The first-order valence-corrected chi connectivity index (χ1v) is 13.8. The van der Waals surface area contributed by atoms with Gasteiger partial charge in [-0.1, -0.05) is 44.8 Å². The highest BCUT2D eigenvalue weighted by molar-refractivity contribution is 7.09. The smallest absolute Gasteiger partial charge is 0.303 e. The quantitative estimate of drug-likeness (QED) is 0.109. The van der Waals surface area contributed by atoms with Gasteiger partial charge < -0.3 is 14.9 Å². The molecule has 0 saturated carbocycles. The van der Waals surface area contributed by atoms with Crippen LogP contribution in [0, 0.1) is 24.2 Å². The van der Waals surface area contributed by atoms with Gasteiger partial charge in [0, 0.05) is 28.0 Å². The van der Waals surface area contributed by atoms with Gasteiger partial charge in [-0.25, -0.2) is 4.98 Å². The molecule has 37 heavy (non-hydrogen) atoms. The highest BCUT2D eigenvalue weighted by atomic mass is 32.1. The highest BCUT2D eigenvalue weighted by Gasteiger charge is 2.52. The van der Waals surface area contributed by atoms with Gasteiger partial charge in [0.2, 0.25) is 0 Å². The fourth-order valence-corrected chi connectivity index (χ4v) is 5.50. The third-order valence-corrected chi connectivity index (χ3v) is 8.47. The number of carbonyl (C=O) groups excluding carboxylic acids is 1. The topological polar surface area (TPSA) is 149 Å². The maximum Gasteiger partial charge on any atom is 0.303 e. The third-order valence-electron chi connectivity index (χ3n) is 7.67. The molecule has 1 aromatic rings. The highest BCUT2D eigenvalue weighted by Crippen LogP contribution is 2.44. The first-order chi connectivity index (χ1) is 17.2. The molecular formula is C27H42N4O5S. The van der Waals surface area contributed by atoms with Crippen LogP contribution in [0.3, 0.4) is 0 Å². The number of Topliss-reactive ketones (excluding diaryl/α,β-unsaturated/α-hetero) is 1. The minimum absolute atomic E-state index is 0.0146. The zero-order valence-electron chi connectivity index (χ0n) is 23.1. The number of hydrogen-bond acceptors (Lipinski definition) is 7. The summed E-state index contributed by atoms with van der Waals surface area (Å²) in [7, 11) is 0. The number of carbonyl (C=O) groups is 2. The Labute approximate surface area is 224 Å². The second-order valence-corrected chi connectivity index (χ2v) is 12.4. The zero-order valence-corrected chi connectivity index (χ0v) is 23.9. The summed E-state index contributed by atoms with van der Waals surface area (Å²) in [6.45, 7) is 13.1. The SMILES string of the molecule is CC(=Cc1csc(C)n1)C(CC1OC1(C)CCCC(C)C(O)C(C)C(=O)C(C)(C)CCC(=O)O)N=[N+]=[N-]. The predicted molar refractivity (Wildman–Crippen MR) is 145 cm³/mol. The predicted octanol–water partition coefficient (Wildman–Crippen LogP) is 6.34. The molecule has 0 aromatic carbocycles. The number of aliphatic hydroxyl groups is 1. The number of aromatic nitrogens is 1. The molecule has 10 heteroatoms. The monoisotopic (exact) mass is 534 g/mol. The lowest BCUT2D eigenvalue weighted by Crippen LogP contribution is -2.39. The number of aryl methyl sites for hydroxylation is 1. The number of rotatable bonds is 16. The van der Waals surface area contributed by atoms with Crippen molar-refractivity contribution in [3.63, 3.8) is 0 Å². The van der Waals surface area contributed by atoms with Crippen LogP contribution in [-0.4, -0.2) is 50.8 Å². The van der Waals surface area contributed by atoms with Gasteiger partial charge in [-0.3, -0.25) is 9.59 Å². The van der Waals surface area contributed by atoms with Gasteiger partial charge in [0.05, 0.1) is 34.6 Å². The Bertz CT molecular complexity index is 1030. The molecular weight excluding hydrogens is 492 g/mol. The van der Waals surface area contributed by atoms with Gasteiger partial charge in [-0.15, -0.1) is 11.3 Å². The molecule has 0 aliphatic carbocycles. The Balaban J connectivity index is 1.86. The lowest BCUT2D eigenvalue weighted by Gasteiger charge is -2.31. The van der Waals surface area contributed by atoms with Crippen molar-refractivity contribution < 1.29 is 24.5 Å². The van der Waals surface area contributed by atoms with Gasteiger partial charge >= 0.3 is 5.97 Å². The van der Waals surface area contributed by atoms with Crippen molar-refractivity contribution >= 4 is 29.2 Å². The molecule has 1 fully saturated rings. The maximum atomic E-state index is 12.9. The summed E-state index contributed by atoms with van der Waals surface area (Å²) in [5, 5.41) is 26.7. The van der Waals surface area contributed by atoms with E-state index in [-0.39, 0.29) is 42.3 Å². The van der Waals surface area contributed by atoms with Gasteiger partial charge in [0.25, 0.3) is 0 Å². The van der Waals surface area contributed by atoms with Crippen molar-refractivity contribution in [3.8, 4) is 0 Å². The van der Waals surface area contributed by atoms with Crippen molar-refractivity contribution in [1.29, 1.82) is 0 Å². The van der Waals surface area contributed by atoms with E-state index in [0.717, 1.165) is 35.5 Å². The van der Waals surface area contributed by atoms with E-state index < -0.39 is 23.4 Å². The third kappa shape index (κ3) is 8.92. The number of carboxylic acids is 1. The number of thiazole rings is 1. The standard InChI is InChI=1S/C27H42N4O5S/c1-16(24(34)18(3)25(35)26(5,6)12-10-23(32)33)9-8-11-27(7)22(36-27)14-21(30-31-28)17(2)13-20-15-37-19(4)29-20/h13,15-16,18,21-22,24,34H,8-12,14H2,1-7H3,(H,32,33). The fourth-order valence-electron chi connectivity index (χ4n) is 4.93. The molecule has 6 atom stereocenters. The summed E-state index contributed by atoms with van der Waals surface area (Å²) in [6.07, 6.45) is 4.29. The molecule has 1 aliphatic rings. The number of ketones is 1. The molecule has 206 valence electrons. The Morgan fingerprint density at radius 1 is 1.41 bits per heavy atom. The number of carboxylic acid groups (broad SMARTS) is 1. The van der Waals surface area contributed by atoms with Crippen LogP contribution in [0.25, 0.3) is 16.5 Å². The maximum absolute atomic E-state index is 12.9. The van der Waals surface area contributed by atoms with Gasteiger partial charge in [-0.2, -0.15) is 0 Å². The second kappa shape index (κ2) is 13.0. The van der Waals surface area contributed by atoms with Crippen molar-refractivity contribution in [2.45, 2.75) is 111 Å². The Hall–Kier alpha value is -2.26. The molecule has 2 heterocycles. The van der Waals surface area contributed by atoms with E-state index in [0.29, 0.717) is 6.42 Å². The zero-order chi connectivity index (χ0) is 28.0. The molecule has 9 nitrogen and oxygen atoms in total. The van der Waals surface area contributed by atoms with Gasteiger partial charge in [0.15, 0.2) is 0 Å². The molecule has 0 bridgehead atoms. The van der Waals surface area contributed by atoms with E-state index in [1.807, 2.05) is 32.2 Å².